The van der Waals surface area contributed by atoms with Crippen molar-refractivity contribution in [2.45, 2.75) is 43.0 Å². The van der Waals surface area contributed by atoms with E-state index in [-0.39, 0.29) is 35.3 Å². The van der Waals surface area contributed by atoms with Crippen LogP contribution in [-0.2, 0) is 24.8 Å². The van der Waals surface area contributed by atoms with Gasteiger partial charge in [-0.15, -0.1) is 11.3 Å². The Balaban J connectivity index is 1.50. The maximum absolute atomic E-state index is 13.0. The highest BCUT2D eigenvalue weighted by Gasteiger charge is 2.36. The molecule has 2 aliphatic rings. The minimum absolute atomic E-state index is 0.0329. The Kier molecular flexibility index (Phi) is 7.01. The molecule has 0 radical (unpaired) electrons. The number of benzene rings is 1. The molecule has 1 aromatic heterocycles. The Morgan fingerprint density at radius 2 is 1.72 bits per heavy atom. The molecule has 0 spiro atoms. The molecule has 32 heavy (non-hydrogen) atoms. The molecule has 11 heteroatoms. The van der Waals surface area contributed by atoms with Crippen LogP contribution in [0.1, 0.15) is 43.0 Å². The quantitative estimate of drug-likeness (QED) is 0.631. The number of amides is 1. The first-order valence-corrected chi connectivity index (χ1v) is 14.7. The highest BCUT2D eigenvalue weighted by Crippen LogP contribution is 2.29. The van der Waals surface area contributed by atoms with Crippen LogP contribution < -0.4 is 9.03 Å². The molecular formula is C21H27N3O5S3. The lowest BCUT2D eigenvalue weighted by atomic mass is 10.2. The summed E-state index contributed by atoms with van der Waals surface area (Å²) in [7, 11) is -7.49. The van der Waals surface area contributed by atoms with Gasteiger partial charge in [-0.1, -0.05) is 18.9 Å². The first-order valence-electron chi connectivity index (χ1n) is 10.7. The molecule has 0 aliphatic carbocycles. The van der Waals surface area contributed by atoms with Gasteiger partial charge in [0.25, 0.3) is 0 Å². The number of anilines is 1. The van der Waals surface area contributed by atoms with Crippen LogP contribution >= 0.6 is 11.3 Å². The minimum Gasteiger partial charge on any atom is -0.294 e. The van der Waals surface area contributed by atoms with Gasteiger partial charge in [0.05, 0.1) is 22.4 Å². The van der Waals surface area contributed by atoms with Crippen molar-refractivity contribution in [2.75, 3.05) is 29.7 Å². The van der Waals surface area contributed by atoms with Crippen LogP contribution in [0, 0.1) is 0 Å². The first-order chi connectivity index (χ1) is 15.3. The second kappa shape index (κ2) is 9.60. The van der Waals surface area contributed by atoms with E-state index in [9.17, 15) is 21.6 Å². The number of nitrogens with one attached hydrogen (secondary N) is 1. The Labute approximate surface area is 193 Å². The van der Waals surface area contributed by atoms with E-state index in [4.69, 9.17) is 0 Å². The highest BCUT2D eigenvalue weighted by atomic mass is 32.2. The van der Waals surface area contributed by atoms with Gasteiger partial charge in [0.15, 0.2) is 0 Å². The van der Waals surface area contributed by atoms with Gasteiger partial charge in [0, 0.05) is 17.8 Å². The summed E-state index contributed by atoms with van der Waals surface area (Å²) in [5, 5.41) is 2.00. The maximum atomic E-state index is 13.0. The fraction of sp³-hybridized carbons (Fsp3) is 0.476. The Bertz CT molecular complexity index is 1140. The summed E-state index contributed by atoms with van der Waals surface area (Å²) in [6.45, 7) is 2.14. The summed E-state index contributed by atoms with van der Waals surface area (Å²) in [6.07, 6.45) is 4.54. The fourth-order valence-electron chi connectivity index (χ4n) is 4.20. The van der Waals surface area contributed by atoms with E-state index in [0.717, 1.165) is 35.1 Å². The molecule has 1 atom stereocenters. The van der Waals surface area contributed by atoms with Crippen LogP contribution in [0.5, 0.6) is 0 Å². The van der Waals surface area contributed by atoms with Crippen LogP contribution in [0.15, 0.2) is 46.7 Å². The molecule has 8 nitrogen and oxygen atoms in total. The Morgan fingerprint density at radius 3 is 2.28 bits per heavy atom. The number of hydrogen-bond donors (Lipinski definition) is 1. The van der Waals surface area contributed by atoms with Gasteiger partial charge in [0.1, 0.15) is 0 Å². The van der Waals surface area contributed by atoms with E-state index in [1.807, 2.05) is 17.5 Å². The molecule has 1 amide bonds. The smallest absolute Gasteiger partial charge is 0.242 e. The molecule has 0 unspecified atom stereocenters. The molecule has 174 valence electrons. The van der Waals surface area contributed by atoms with Gasteiger partial charge in [-0.3, -0.25) is 9.69 Å². The molecule has 2 saturated heterocycles. The summed E-state index contributed by atoms with van der Waals surface area (Å²) in [4.78, 5) is 15.5. The molecular weight excluding hydrogens is 470 g/mol. The van der Waals surface area contributed by atoms with E-state index >= 15 is 0 Å². The molecule has 4 rings (SSSR count). The third-order valence-corrected chi connectivity index (χ3v) is 9.98. The van der Waals surface area contributed by atoms with Crippen molar-refractivity contribution in [1.29, 1.82) is 0 Å². The summed E-state index contributed by atoms with van der Waals surface area (Å²) >= 11 is 1.62. The topological polar surface area (TPSA) is 104 Å². The zero-order valence-corrected chi connectivity index (χ0v) is 20.1. The second-order valence-corrected chi connectivity index (χ2v) is 12.7. The predicted molar refractivity (Wildman–Crippen MR) is 125 cm³/mol. The van der Waals surface area contributed by atoms with Crippen LogP contribution in [0.25, 0.3) is 0 Å². The number of carbonyl (C=O) groups is 1. The largest absolute Gasteiger partial charge is 0.294 e. The fourth-order valence-corrected chi connectivity index (χ4v) is 7.56. The third kappa shape index (κ3) is 5.07. The minimum atomic E-state index is -3.80. The van der Waals surface area contributed by atoms with E-state index in [2.05, 4.69) is 9.62 Å². The molecule has 0 bridgehead atoms. The number of likely N-dealkylation sites (tertiary alicyclic amines) is 1. The molecule has 0 saturated carbocycles. The van der Waals surface area contributed by atoms with Crippen molar-refractivity contribution in [3.05, 3.63) is 46.7 Å². The number of nitrogens with zero attached hydrogens (tertiary/aromatic N) is 2. The van der Waals surface area contributed by atoms with Crippen LogP contribution in [0.2, 0.25) is 0 Å². The zero-order valence-electron chi connectivity index (χ0n) is 17.6. The van der Waals surface area contributed by atoms with E-state index in [0.29, 0.717) is 0 Å². The second-order valence-electron chi connectivity index (χ2n) is 8.05. The van der Waals surface area contributed by atoms with Crippen LogP contribution in [0.4, 0.5) is 5.69 Å². The van der Waals surface area contributed by atoms with Crippen molar-refractivity contribution >= 4 is 43.0 Å². The number of thiophene rings is 1. The highest BCUT2D eigenvalue weighted by molar-refractivity contribution is 7.94. The van der Waals surface area contributed by atoms with E-state index in [1.54, 1.807) is 11.3 Å². The lowest BCUT2D eigenvalue weighted by Gasteiger charge is -2.30. The average molecular weight is 498 g/mol. The number of rotatable bonds is 7. The monoisotopic (exact) mass is 497 g/mol. The summed E-state index contributed by atoms with van der Waals surface area (Å²) in [6, 6.07) is 9.38. The van der Waals surface area contributed by atoms with Crippen LogP contribution in [0.3, 0.4) is 0 Å². The first kappa shape index (κ1) is 23.4. The lowest BCUT2D eigenvalue weighted by Crippen LogP contribution is -2.38. The van der Waals surface area contributed by atoms with Crippen molar-refractivity contribution in [2.24, 2.45) is 0 Å². The van der Waals surface area contributed by atoms with Gasteiger partial charge in [-0.2, -0.15) is 0 Å². The number of carbonyl (C=O) groups excluding carboxylic acids is 1. The van der Waals surface area contributed by atoms with E-state index in [1.165, 1.54) is 37.1 Å². The standard InChI is InChI=1S/C21H27N3O5S3/c25-21-11-15-31(26,27)24(21)17-7-9-18(10-8-17)32(28,29)22-16-19(20-6-5-14-30-20)23-12-3-1-2-4-13-23/h5-10,14,19,22H,1-4,11-13,15-16H2/t19-/m1/s1. The summed E-state index contributed by atoms with van der Waals surface area (Å²) < 4.78 is 53.6. The van der Waals surface area contributed by atoms with Crippen LogP contribution in [-0.4, -0.2) is 53.0 Å². The van der Waals surface area contributed by atoms with E-state index < -0.39 is 26.0 Å². The number of hydrogen-bond acceptors (Lipinski definition) is 7. The molecule has 3 heterocycles. The number of sulfonamides is 2. The normalized spacial score (nSPS) is 20.9. The maximum Gasteiger partial charge on any atom is 0.242 e. The van der Waals surface area contributed by atoms with Crippen molar-refractivity contribution < 1.29 is 21.6 Å². The zero-order chi connectivity index (χ0) is 22.8. The molecule has 2 aliphatic heterocycles. The molecule has 1 N–H and O–H groups in total. The third-order valence-electron chi connectivity index (χ3n) is 5.88. The lowest BCUT2D eigenvalue weighted by molar-refractivity contribution is -0.116. The molecule has 1 aromatic carbocycles. The average Bonchev–Trinajstić information content (AvgIpc) is 3.28. The van der Waals surface area contributed by atoms with Gasteiger partial charge < -0.3 is 0 Å². The Hall–Kier alpha value is -1.79. The molecule has 2 fully saturated rings. The van der Waals surface area contributed by atoms with Gasteiger partial charge >= 0.3 is 0 Å². The van der Waals surface area contributed by atoms with Crippen molar-refractivity contribution in [3.8, 4) is 0 Å². The SMILES string of the molecule is O=C1CCS(=O)(=O)N1c1ccc(S(=O)(=O)NC[C@H](c2cccs2)N2CCCCCC2)cc1. The van der Waals surface area contributed by atoms with Gasteiger partial charge in [-0.25, -0.2) is 25.9 Å². The Morgan fingerprint density at radius 1 is 1.03 bits per heavy atom. The summed E-state index contributed by atoms with van der Waals surface area (Å²) in [5.41, 5.74) is 0.160. The molecule has 2 aromatic rings. The summed E-state index contributed by atoms with van der Waals surface area (Å²) in [5.74, 6) is -0.733. The van der Waals surface area contributed by atoms with Crippen molar-refractivity contribution in [3.63, 3.8) is 0 Å². The van der Waals surface area contributed by atoms with Crippen molar-refractivity contribution in [1.82, 2.24) is 9.62 Å². The van der Waals surface area contributed by atoms with Gasteiger partial charge in [-0.05, 0) is 61.6 Å². The van der Waals surface area contributed by atoms with Gasteiger partial charge in [0.2, 0.25) is 26.0 Å². The predicted octanol–water partition coefficient (Wildman–Crippen LogP) is 2.71.